The first-order valence-corrected chi connectivity index (χ1v) is 5.91. The van der Waals surface area contributed by atoms with Crippen LogP contribution in [0.2, 0.25) is 5.02 Å². The van der Waals surface area contributed by atoms with Gasteiger partial charge in [0.15, 0.2) is 0 Å². The third-order valence-corrected chi connectivity index (χ3v) is 2.86. The van der Waals surface area contributed by atoms with Crippen LogP contribution in [-0.4, -0.2) is 12.5 Å². The van der Waals surface area contributed by atoms with Crippen LogP contribution < -0.4 is 5.32 Å². The van der Waals surface area contributed by atoms with Gasteiger partial charge in [0.25, 0.3) is 0 Å². The van der Waals surface area contributed by atoms with Gasteiger partial charge in [-0.05, 0) is 29.5 Å². The summed E-state index contributed by atoms with van der Waals surface area (Å²) in [6.07, 6.45) is 0.775. The Morgan fingerprint density at radius 2 is 2.12 bits per heavy atom. The quantitative estimate of drug-likeness (QED) is 0.859. The molecule has 0 aliphatic rings. The van der Waals surface area contributed by atoms with Crippen LogP contribution in [0.1, 0.15) is 37.8 Å². The lowest BCUT2D eigenvalue weighted by Crippen LogP contribution is -2.22. The first-order valence-electron chi connectivity index (χ1n) is 5.53. The van der Waals surface area contributed by atoms with E-state index >= 15 is 0 Å². The van der Waals surface area contributed by atoms with E-state index in [0.717, 1.165) is 17.0 Å². The Labute approximate surface area is 102 Å². The molecule has 0 unspecified atom stereocenters. The van der Waals surface area contributed by atoms with Crippen molar-refractivity contribution in [1.29, 1.82) is 0 Å². The Bertz CT molecular complexity index is 374. The van der Waals surface area contributed by atoms with Crippen LogP contribution in [-0.2, 0) is 11.2 Å². The van der Waals surface area contributed by atoms with Crippen molar-refractivity contribution in [3.05, 3.63) is 34.3 Å². The largest absolute Gasteiger partial charge is 0.356 e. The second-order valence-corrected chi connectivity index (χ2v) is 4.65. The topological polar surface area (TPSA) is 29.1 Å². The van der Waals surface area contributed by atoms with Crippen LogP contribution in [0.15, 0.2) is 18.2 Å². The zero-order valence-corrected chi connectivity index (χ0v) is 10.8. The molecule has 0 heterocycles. The molecule has 16 heavy (non-hydrogen) atoms. The van der Waals surface area contributed by atoms with E-state index in [4.69, 9.17) is 11.6 Å². The molecule has 0 aliphatic heterocycles. The van der Waals surface area contributed by atoms with E-state index in [0.29, 0.717) is 12.5 Å². The summed E-state index contributed by atoms with van der Waals surface area (Å²) in [6.45, 7) is 6.44. The van der Waals surface area contributed by atoms with Crippen LogP contribution in [0.25, 0.3) is 0 Å². The Kier molecular flexibility index (Phi) is 4.81. The highest BCUT2D eigenvalue weighted by Gasteiger charge is 2.04. The van der Waals surface area contributed by atoms with Gasteiger partial charge in [-0.1, -0.05) is 37.6 Å². The van der Waals surface area contributed by atoms with Crippen LogP contribution in [0.4, 0.5) is 0 Å². The van der Waals surface area contributed by atoms with Gasteiger partial charge in [0.2, 0.25) is 5.91 Å². The highest BCUT2D eigenvalue weighted by Crippen LogP contribution is 2.22. The summed E-state index contributed by atoms with van der Waals surface area (Å²) >= 11 is 6.18. The minimum atomic E-state index is -0.00470. The number of carbonyl (C=O) groups is 1. The maximum absolute atomic E-state index is 10.7. The minimum absolute atomic E-state index is 0.00470. The third-order valence-electron chi connectivity index (χ3n) is 2.51. The zero-order valence-electron chi connectivity index (χ0n) is 10.0. The van der Waals surface area contributed by atoms with Crippen molar-refractivity contribution < 1.29 is 4.79 Å². The zero-order chi connectivity index (χ0) is 12.1. The molecule has 1 N–H and O–H groups in total. The molecule has 0 radical (unpaired) electrons. The summed E-state index contributed by atoms with van der Waals surface area (Å²) in [5, 5.41) is 3.55. The predicted molar refractivity (Wildman–Crippen MR) is 67.9 cm³/mol. The van der Waals surface area contributed by atoms with E-state index in [1.165, 1.54) is 12.5 Å². The van der Waals surface area contributed by atoms with Crippen LogP contribution in [0.5, 0.6) is 0 Å². The van der Waals surface area contributed by atoms with E-state index in [-0.39, 0.29) is 5.91 Å². The van der Waals surface area contributed by atoms with Crippen molar-refractivity contribution in [2.24, 2.45) is 0 Å². The van der Waals surface area contributed by atoms with Crippen molar-refractivity contribution in [3.63, 3.8) is 0 Å². The molecule has 88 valence electrons. The van der Waals surface area contributed by atoms with Crippen LogP contribution >= 0.6 is 11.6 Å². The number of benzene rings is 1. The van der Waals surface area contributed by atoms with Gasteiger partial charge in [0, 0.05) is 18.5 Å². The molecule has 1 aromatic carbocycles. The van der Waals surface area contributed by atoms with E-state index in [1.54, 1.807) is 0 Å². The maximum Gasteiger partial charge on any atom is 0.216 e. The number of hydrogen-bond acceptors (Lipinski definition) is 1. The van der Waals surface area contributed by atoms with E-state index in [9.17, 15) is 4.79 Å². The molecule has 3 heteroatoms. The van der Waals surface area contributed by atoms with Crippen molar-refractivity contribution in [3.8, 4) is 0 Å². The van der Waals surface area contributed by atoms with E-state index in [1.807, 2.05) is 12.1 Å². The average Bonchev–Trinajstić information content (AvgIpc) is 2.19. The number of hydrogen-bond donors (Lipinski definition) is 1. The standard InChI is InChI=1S/C13H18ClNO/c1-9(2)12-5-4-11(13(14)8-12)6-7-15-10(3)16/h4-5,8-9H,6-7H2,1-3H3,(H,15,16). The smallest absolute Gasteiger partial charge is 0.216 e. The Hall–Kier alpha value is -1.02. The molecular formula is C13H18ClNO. The molecule has 0 aromatic heterocycles. The predicted octanol–water partition coefficient (Wildman–Crippen LogP) is 3.14. The van der Waals surface area contributed by atoms with Gasteiger partial charge in [-0.25, -0.2) is 0 Å². The number of carbonyl (C=O) groups excluding carboxylic acids is 1. The molecule has 1 amide bonds. The summed E-state index contributed by atoms with van der Waals surface area (Å²) in [5.74, 6) is 0.483. The van der Waals surface area contributed by atoms with Gasteiger partial charge in [-0.3, -0.25) is 4.79 Å². The Morgan fingerprint density at radius 3 is 2.62 bits per heavy atom. The van der Waals surface area contributed by atoms with Gasteiger partial charge in [-0.15, -0.1) is 0 Å². The Morgan fingerprint density at radius 1 is 1.44 bits per heavy atom. The fourth-order valence-corrected chi connectivity index (χ4v) is 1.78. The number of nitrogens with one attached hydrogen (secondary N) is 1. The maximum atomic E-state index is 10.7. The van der Waals surface area contributed by atoms with Crippen LogP contribution in [0.3, 0.4) is 0 Å². The van der Waals surface area contributed by atoms with E-state index in [2.05, 4.69) is 25.2 Å². The monoisotopic (exact) mass is 239 g/mol. The van der Waals surface area contributed by atoms with Gasteiger partial charge < -0.3 is 5.32 Å². The molecule has 1 rings (SSSR count). The highest BCUT2D eigenvalue weighted by molar-refractivity contribution is 6.31. The summed E-state index contributed by atoms with van der Waals surface area (Å²) in [7, 11) is 0. The molecule has 0 atom stereocenters. The summed E-state index contributed by atoms with van der Waals surface area (Å²) in [6, 6.07) is 6.15. The lowest BCUT2D eigenvalue weighted by molar-refractivity contribution is -0.118. The van der Waals surface area contributed by atoms with Crippen molar-refractivity contribution >= 4 is 17.5 Å². The summed E-state index contributed by atoms with van der Waals surface area (Å²) < 4.78 is 0. The molecule has 0 bridgehead atoms. The molecule has 0 saturated heterocycles. The summed E-state index contributed by atoms with van der Waals surface area (Å²) in [5.41, 5.74) is 2.33. The molecular weight excluding hydrogens is 222 g/mol. The van der Waals surface area contributed by atoms with Gasteiger partial charge in [0.1, 0.15) is 0 Å². The second-order valence-electron chi connectivity index (χ2n) is 4.24. The Balaban J connectivity index is 2.64. The van der Waals surface area contributed by atoms with Crippen molar-refractivity contribution in [2.75, 3.05) is 6.54 Å². The first kappa shape index (κ1) is 13.0. The molecule has 0 saturated carbocycles. The fourth-order valence-electron chi connectivity index (χ4n) is 1.50. The minimum Gasteiger partial charge on any atom is -0.356 e. The molecule has 0 spiro atoms. The second kappa shape index (κ2) is 5.90. The van der Waals surface area contributed by atoms with E-state index < -0.39 is 0 Å². The van der Waals surface area contributed by atoms with Crippen LogP contribution in [0, 0.1) is 0 Å². The SMILES string of the molecule is CC(=O)NCCc1ccc(C(C)C)cc1Cl. The molecule has 1 aromatic rings. The van der Waals surface area contributed by atoms with Gasteiger partial charge >= 0.3 is 0 Å². The fraction of sp³-hybridized carbons (Fsp3) is 0.462. The lowest BCUT2D eigenvalue weighted by Gasteiger charge is -2.09. The first-order chi connectivity index (χ1) is 7.50. The van der Waals surface area contributed by atoms with Crippen molar-refractivity contribution in [2.45, 2.75) is 33.1 Å². The highest BCUT2D eigenvalue weighted by atomic mass is 35.5. The normalized spacial score (nSPS) is 10.6. The number of halogens is 1. The molecule has 2 nitrogen and oxygen atoms in total. The number of amides is 1. The van der Waals surface area contributed by atoms with Crippen molar-refractivity contribution in [1.82, 2.24) is 5.32 Å². The lowest BCUT2D eigenvalue weighted by atomic mass is 10.0. The summed E-state index contributed by atoms with van der Waals surface area (Å²) in [4.78, 5) is 10.7. The third kappa shape index (κ3) is 3.86. The average molecular weight is 240 g/mol. The van der Waals surface area contributed by atoms with Gasteiger partial charge in [0.05, 0.1) is 0 Å². The molecule has 0 fully saturated rings. The molecule has 0 aliphatic carbocycles. The van der Waals surface area contributed by atoms with Gasteiger partial charge in [-0.2, -0.15) is 0 Å². The number of rotatable bonds is 4.